The number of phosphoric acid groups is 2. The summed E-state index contributed by atoms with van der Waals surface area (Å²) in [6, 6.07) is 0. The van der Waals surface area contributed by atoms with Crippen molar-refractivity contribution in [2.24, 2.45) is 5.92 Å². The molecule has 0 saturated heterocycles. The molecule has 0 spiro atoms. The van der Waals surface area contributed by atoms with Crippen LogP contribution in [0.4, 0.5) is 0 Å². The minimum absolute atomic E-state index is 0.108. The summed E-state index contributed by atoms with van der Waals surface area (Å²) in [7, 11) is -9.93. The zero-order chi connectivity index (χ0) is 79.7. The SMILES string of the molecule is CCCCCCCCCCCCCCCCCCCCCCCCC(=O)O[C@H](COC(=O)CCCCCCCCCCCCCCCCCCCCC)COP(=O)(O)OC[C@@H](O)COP(=O)(O)OC[C@@H](COC(=O)CCCCCCCCCC(C)C)OC(=O)CCCCCCCCCCCCCCCCCCCC. The van der Waals surface area contributed by atoms with Crippen LogP contribution in [-0.4, -0.2) is 96.7 Å². The zero-order valence-electron chi connectivity index (χ0n) is 71.7. The van der Waals surface area contributed by atoms with E-state index in [4.69, 9.17) is 37.0 Å². The third kappa shape index (κ3) is 83.8. The summed E-state index contributed by atoms with van der Waals surface area (Å²) in [5.41, 5.74) is 0. The molecule has 0 rings (SSSR count). The summed E-state index contributed by atoms with van der Waals surface area (Å²) in [5.74, 6) is -1.39. The number of aliphatic hydroxyl groups excluding tert-OH is 1. The van der Waals surface area contributed by atoms with Crippen molar-refractivity contribution in [2.45, 2.75) is 509 Å². The molecule has 0 fully saturated rings. The van der Waals surface area contributed by atoms with E-state index in [9.17, 15) is 43.2 Å². The van der Waals surface area contributed by atoms with Gasteiger partial charge in [0, 0.05) is 25.7 Å². The van der Waals surface area contributed by atoms with Gasteiger partial charge in [-0.15, -0.1) is 0 Å². The third-order valence-electron chi connectivity index (χ3n) is 21.3. The van der Waals surface area contributed by atoms with E-state index in [0.717, 1.165) is 96.3 Å². The highest BCUT2D eigenvalue weighted by molar-refractivity contribution is 7.47. The molecule has 0 aliphatic rings. The van der Waals surface area contributed by atoms with E-state index in [1.54, 1.807) is 0 Å². The Hall–Kier alpha value is -1.94. The molecule has 0 amide bonds. The number of hydrogen-bond donors (Lipinski definition) is 3. The van der Waals surface area contributed by atoms with Gasteiger partial charge < -0.3 is 33.8 Å². The number of hydrogen-bond acceptors (Lipinski definition) is 15. The first-order valence-corrected chi connectivity index (χ1v) is 49.6. The summed E-state index contributed by atoms with van der Waals surface area (Å²) < 4.78 is 69.0. The van der Waals surface area contributed by atoms with Gasteiger partial charge in [0.05, 0.1) is 26.4 Å². The van der Waals surface area contributed by atoms with Gasteiger partial charge in [-0.1, -0.05) is 439 Å². The first-order valence-electron chi connectivity index (χ1n) is 46.6. The second-order valence-electron chi connectivity index (χ2n) is 32.8. The molecule has 0 radical (unpaired) electrons. The lowest BCUT2D eigenvalue weighted by atomic mass is 10.0. The van der Waals surface area contributed by atoms with Gasteiger partial charge >= 0.3 is 39.5 Å². The Bertz CT molecular complexity index is 2070. The van der Waals surface area contributed by atoms with E-state index in [-0.39, 0.29) is 25.7 Å². The number of ether oxygens (including phenoxy) is 4. The Morgan fingerprint density at radius 2 is 0.422 bits per heavy atom. The maximum absolute atomic E-state index is 13.2. The predicted molar refractivity (Wildman–Crippen MR) is 451 cm³/mol. The van der Waals surface area contributed by atoms with Crippen LogP contribution in [0.1, 0.15) is 490 Å². The Morgan fingerprint density at radius 3 is 0.624 bits per heavy atom. The van der Waals surface area contributed by atoms with E-state index >= 15 is 0 Å². The van der Waals surface area contributed by atoms with Gasteiger partial charge in [-0.3, -0.25) is 37.3 Å². The molecule has 648 valence electrons. The molecule has 0 aliphatic heterocycles. The number of carbonyl (C=O) groups is 4. The number of aliphatic hydroxyl groups is 1. The fourth-order valence-electron chi connectivity index (χ4n) is 14.2. The van der Waals surface area contributed by atoms with E-state index in [0.29, 0.717) is 31.6 Å². The molecule has 0 bridgehead atoms. The van der Waals surface area contributed by atoms with Crippen LogP contribution in [0.2, 0.25) is 0 Å². The van der Waals surface area contributed by atoms with Crippen molar-refractivity contribution in [3.63, 3.8) is 0 Å². The van der Waals surface area contributed by atoms with Gasteiger partial charge in [0.15, 0.2) is 12.2 Å². The van der Waals surface area contributed by atoms with Crippen molar-refractivity contribution in [1.29, 1.82) is 0 Å². The molecule has 0 saturated carbocycles. The average molecular weight is 1590 g/mol. The largest absolute Gasteiger partial charge is 0.472 e. The maximum atomic E-state index is 13.2. The molecular weight excluding hydrogens is 1410 g/mol. The van der Waals surface area contributed by atoms with Gasteiger partial charge in [-0.25, -0.2) is 9.13 Å². The first kappa shape index (κ1) is 107. The summed E-state index contributed by atoms with van der Waals surface area (Å²) in [4.78, 5) is 73.3. The number of carbonyl (C=O) groups excluding carboxylic acids is 4. The van der Waals surface area contributed by atoms with Crippen LogP contribution in [0.3, 0.4) is 0 Å². The second kappa shape index (κ2) is 82.6. The number of phosphoric ester groups is 2. The number of rotatable bonds is 90. The van der Waals surface area contributed by atoms with Gasteiger partial charge in [0.1, 0.15) is 19.3 Å². The van der Waals surface area contributed by atoms with Gasteiger partial charge in [0.25, 0.3) is 0 Å². The van der Waals surface area contributed by atoms with Gasteiger partial charge in [-0.2, -0.15) is 0 Å². The average Bonchev–Trinajstić information content (AvgIpc) is 0.900. The standard InChI is InChI=1S/C90H176O17P2/c1-6-9-12-15-18-21-24-27-30-33-36-37-38-40-43-46-49-52-55-60-66-70-75-89(94)106-85(79-100-87(92)73-68-63-58-53-50-47-44-42-39-34-31-28-25-22-19-16-13-10-7-2)81-104-108(96,97)102-77-84(91)78-103-109(98,99)105-82-86(80-101-88(93)74-69-64-61-56-57-62-67-72-83(4)5)107-90(95)76-71-65-59-54-51-48-45-41-35-32-29-26-23-20-17-14-11-8-3/h83-86,91H,6-82H2,1-5H3,(H,96,97)(H,98,99)/t84-,85-,86-/m1/s1. The summed E-state index contributed by atoms with van der Waals surface area (Å²) in [5, 5.41) is 10.7. The molecule has 2 unspecified atom stereocenters. The molecule has 0 aromatic rings. The molecular formula is C90H176O17P2. The second-order valence-corrected chi connectivity index (χ2v) is 35.7. The normalized spacial score (nSPS) is 13.7. The lowest BCUT2D eigenvalue weighted by molar-refractivity contribution is -0.161. The monoisotopic (exact) mass is 1590 g/mol. The van der Waals surface area contributed by atoms with Crippen molar-refractivity contribution in [2.75, 3.05) is 39.6 Å². The molecule has 109 heavy (non-hydrogen) atoms. The Labute approximate surface area is 670 Å². The fraction of sp³-hybridized carbons (Fsp3) is 0.956. The lowest BCUT2D eigenvalue weighted by Crippen LogP contribution is -2.30. The van der Waals surface area contributed by atoms with Crippen LogP contribution >= 0.6 is 15.6 Å². The smallest absolute Gasteiger partial charge is 0.462 e. The molecule has 0 aliphatic carbocycles. The van der Waals surface area contributed by atoms with Crippen molar-refractivity contribution >= 4 is 39.5 Å². The molecule has 19 heteroatoms. The molecule has 3 N–H and O–H groups in total. The molecule has 5 atom stereocenters. The number of esters is 4. The van der Waals surface area contributed by atoms with Crippen LogP contribution in [0.15, 0.2) is 0 Å². The van der Waals surface area contributed by atoms with E-state index in [1.165, 1.54) is 308 Å². The zero-order valence-corrected chi connectivity index (χ0v) is 73.5. The number of unbranched alkanes of at least 4 members (excludes halogenated alkanes) is 62. The molecule has 0 aromatic carbocycles. The highest BCUT2D eigenvalue weighted by atomic mass is 31.2. The maximum Gasteiger partial charge on any atom is 0.472 e. The van der Waals surface area contributed by atoms with Crippen molar-refractivity contribution in [3.8, 4) is 0 Å². The molecule has 0 aromatic heterocycles. The van der Waals surface area contributed by atoms with Crippen molar-refractivity contribution in [1.82, 2.24) is 0 Å². The molecule has 17 nitrogen and oxygen atoms in total. The topological polar surface area (TPSA) is 237 Å². The van der Waals surface area contributed by atoms with Crippen LogP contribution in [0, 0.1) is 5.92 Å². The predicted octanol–water partition coefficient (Wildman–Crippen LogP) is 27.9. The highest BCUT2D eigenvalue weighted by Crippen LogP contribution is 2.45. The van der Waals surface area contributed by atoms with Crippen LogP contribution in [0.5, 0.6) is 0 Å². The summed E-state index contributed by atoms with van der Waals surface area (Å²) >= 11 is 0. The molecule has 0 heterocycles. The highest BCUT2D eigenvalue weighted by Gasteiger charge is 2.31. The van der Waals surface area contributed by atoms with Crippen molar-refractivity contribution < 1.29 is 80.2 Å². The Balaban J connectivity index is 5.21. The Morgan fingerprint density at radius 1 is 0.248 bits per heavy atom. The van der Waals surface area contributed by atoms with Crippen LogP contribution < -0.4 is 0 Å². The lowest BCUT2D eigenvalue weighted by Gasteiger charge is -2.21. The first-order chi connectivity index (χ1) is 53.0. The van der Waals surface area contributed by atoms with Crippen LogP contribution in [0.25, 0.3) is 0 Å². The van der Waals surface area contributed by atoms with Gasteiger partial charge in [0.2, 0.25) is 0 Å². The summed E-state index contributed by atoms with van der Waals surface area (Å²) in [6.45, 7) is 7.33. The van der Waals surface area contributed by atoms with E-state index < -0.39 is 97.5 Å². The van der Waals surface area contributed by atoms with E-state index in [2.05, 4.69) is 34.6 Å². The van der Waals surface area contributed by atoms with Crippen molar-refractivity contribution in [3.05, 3.63) is 0 Å². The minimum atomic E-state index is -4.97. The van der Waals surface area contributed by atoms with Crippen LogP contribution in [-0.2, 0) is 65.4 Å². The minimum Gasteiger partial charge on any atom is -0.462 e. The van der Waals surface area contributed by atoms with Gasteiger partial charge in [-0.05, 0) is 31.6 Å². The third-order valence-corrected chi connectivity index (χ3v) is 23.2. The quantitative estimate of drug-likeness (QED) is 0.0222. The summed E-state index contributed by atoms with van der Waals surface area (Å²) in [6.07, 6.45) is 78.1. The van der Waals surface area contributed by atoms with E-state index in [1.807, 2.05) is 0 Å². The fourth-order valence-corrected chi connectivity index (χ4v) is 15.8. The Kier molecular flexibility index (Phi) is 81.1.